The summed E-state index contributed by atoms with van der Waals surface area (Å²) in [5, 5.41) is 5.94. The van der Waals surface area contributed by atoms with Gasteiger partial charge in [0.15, 0.2) is 0 Å². The van der Waals surface area contributed by atoms with Crippen LogP contribution in [0.3, 0.4) is 0 Å². The van der Waals surface area contributed by atoms with E-state index in [1.807, 2.05) is 45.0 Å². The van der Waals surface area contributed by atoms with E-state index in [0.29, 0.717) is 13.0 Å². The molecule has 1 aromatic rings. The van der Waals surface area contributed by atoms with E-state index in [1.54, 1.807) is 7.11 Å². The van der Waals surface area contributed by atoms with Crippen LogP contribution >= 0.6 is 0 Å². The van der Waals surface area contributed by atoms with Crippen LogP contribution in [-0.2, 0) is 20.5 Å². The van der Waals surface area contributed by atoms with E-state index >= 15 is 0 Å². The van der Waals surface area contributed by atoms with Gasteiger partial charge in [0.2, 0.25) is 0 Å². The molecular weight excluding hydrogens is 295 g/mol. The molecule has 0 aliphatic carbocycles. The minimum Gasteiger partial charge on any atom is -0.444 e. The summed E-state index contributed by atoms with van der Waals surface area (Å²) in [7, 11) is 3.10. The molecule has 0 spiro atoms. The third kappa shape index (κ3) is 6.50. The molecule has 7 heteroatoms. The predicted molar refractivity (Wildman–Crippen MR) is 89.4 cm³/mol. The largest absolute Gasteiger partial charge is 0.444 e. The van der Waals surface area contributed by atoms with Gasteiger partial charge < -0.3 is 24.7 Å². The highest BCUT2D eigenvalue weighted by atomic mass is 16.6. The van der Waals surface area contributed by atoms with Gasteiger partial charge in [0.05, 0.1) is 12.6 Å². The normalized spacial score (nSPS) is 18.0. The van der Waals surface area contributed by atoms with Crippen molar-refractivity contribution in [3.8, 4) is 0 Å². The van der Waals surface area contributed by atoms with Gasteiger partial charge in [-0.25, -0.2) is 4.79 Å². The molecule has 1 unspecified atom stereocenters. The Morgan fingerprint density at radius 1 is 1.48 bits per heavy atom. The molecule has 1 aliphatic heterocycles. The minimum absolute atomic E-state index is 0.0460. The van der Waals surface area contributed by atoms with E-state index < -0.39 is 11.7 Å². The molecule has 1 heterocycles. The van der Waals surface area contributed by atoms with Gasteiger partial charge in [-0.3, -0.25) is 0 Å². The average Bonchev–Trinajstić information content (AvgIpc) is 3.27. The Balaban J connectivity index is 1.95. The fraction of sp³-hybridized carbons (Fsp3) is 0.562. The van der Waals surface area contributed by atoms with Crippen LogP contribution in [-0.4, -0.2) is 45.2 Å². The van der Waals surface area contributed by atoms with Crippen LogP contribution in [0.1, 0.15) is 26.3 Å². The van der Waals surface area contributed by atoms with Gasteiger partial charge in [-0.15, -0.1) is 0 Å². The van der Waals surface area contributed by atoms with Gasteiger partial charge in [0, 0.05) is 12.8 Å². The van der Waals surface area contributed by atoms with Gasteiger partial charge in [0.25, 0.3) is 0 Å². The summed E-state index contributed by atoms with van der Waals surface area (Å²) in [5.41, 5.74) is 1.51. The summed E-state index contributed by atoms with van der Waals surface area (Å²) in [6, 6.07) is 7.83. The second kappa shape index (κ2) is 7.70. The lowest BCUT2D eigenvalue weighted by Crippen LogP contribution is -2.43. The molecule has 1 amide bonds. The third-order valence-electron chi connectivity index (χ3n) is 3.24. The fourth-order valence-corrected chi connectivity index (χ4v) is 2.19. The van der Waals surface area contributed by atoms with Crippen molar-refractivity contribution in [1.82, 2.24) is 5.32 Å². The number of hydrogen-bond donors (Lipinski definition) is 2. The zero-order valence-electron chi connectivity index (χ0n) is 14.1. The number of carbonyl (C=O) groups excluding carboxylic acids is 1. The van der Waals surface area contributed by atoms with E-state index in [1.165, 1.54) is 7.62 Å². The maximum Gasteiger partial charge on any atom is 0.435 e. The first kappa shape index (κ1) is 17.6. The molecule has 1 aromatic carbocycles. The van der Waals surface area contributed by atoms with Crippen molar-refractivity contribution in [2.75, 3.05) is 18.9 Å². The van der Waals surface area contributed by atoms with Crippen LogP contribution in [0.2, 0.25) is 0 Å². The van der Waals surface area contributed by atoms with Crippen molar-refractivity contribution >= 4 is 19.4 Å². The number of amides is 1. The first-order chi connectivity index (χ1) is 10.9. The summed E-state index contributed by atoms with van der Waals surface area (Å²) in [6.07, 6.45) is 0.302. The van der Waals surface area contributed by atoms with Crippen molar-refractivity contribution in [2.24, 2.45) is 0 Å². The molecule has 23 heavy (non-hydrogen) atoms. The summed E-state index contributed by atoms with van der Waals surface area (Å²) in [4.78, 5) is 12.0. The summed E-state index contributed by atoms with van der Waals surface area (Å²) >= 11 is 0. The molecule has 1 radical (unpaired) electrons. The summed E-state index contributed by atoms with van der Waals surface area (Å²) < 4.78 is 15.6. The second-order valence-electron chi connectivity index (χ2n) is 6.53. The summed E-state index contributed by atoms with van der Waals surface area (Å²) in [5.74, 6) is 0. The van der Waals surface area contributed by atoms with E-state index in [9.17, 15) is 4.79 Å². The fourth-order valence-electron chi connectivity index (χ4n) is 2.19. The highest BCUT2D eigenvalue weighted by Gasteiger charge is 2.34. The van der Waals surface area contributed by atoms with Crippen molar-refractivity contribution in [1.29, 1.82) is 0 Å². The van der Waals surface area contributed by atoms with Gasteiger partial charge in [-0.1, -0.05) is 12.1 Å². The third-order valence-corrected chi connectivity index (χ3v) is 3.24. The first-order valence-electron chi connectivity index (χ1n) is 7.68. The van der Waals surface area contributed by atoms with Crippen molar-refractivity contribution in [3.05, 3.63) is 29.8 Å². The van der Waals surface area contributed by atoms with E-state index in [-0.39, 0.29) is 12.1 Å². The Bertz CT molecular complexity index is 529. The molecule has 2 N–H and O–H groups in total. The molecule has 1 fully saturated rings. The second-order valence-corrected chi connectivity index (χ2v) is 6.53. The quantitative estimate of drug-likeness (QED) is 0.595. The highest BCUT2D eigenvalue weighted by molar-refractivity contribution is 6.32. The number of ether oxygens (including phenoxy) is 2. The van der Waals surface area contributed by atoms with Crippen molar-refractivity contribution in [3.63, 3.8) is 0 Å². The van der Waals surface area contributed by atoms with E-state index in [4.69, 9.17) is 14.1 Å². The molecule has 1 saturated heterocycles. The number of hydrogen-bond acceptors (Lipinski definition) is 5. The SMILES string of the molecule is CO[B]Nc1cccc(CC(NC(=O)OC(C)(C)C)[C@H]2CO2)c1. The molecule has 6 nitrogen and oxygen atoms in total. The van der Waals surface area contributed by atoms with Crippen molar-refractivity contribution < 1.29 is 18.9 Å². The first-order valence-corrected chi connectivity index (χ1v) is 7.68. The van der Waals surface area contributed by atoms with Crippen LogP contribution < -0.4 is 10.5 Å². The number of epoxide rings is 1. The Morgan fingerprint density at radius 2 is 2.22 bits per heavy atom. The Labute approximate surface area is 138 Å². The number of alkyl carbamates (subject to hydrolysis) is 1. The predicted octanol–water partition coefficient (Wildman–Crippen LogP) is 2.11. The van der Waals surface area contributed by atoms with Crippen molar-refractivity contribution in [2.45, 2.75) is 44.9 Å². The van der Waals surface area contributed by atoms with Crippen LogP contribution in [0.15, 0.2) is 24.3 Å². The minimum atomic E-state index is -0.515. The standard InChI is InChI=1S/C16H24BN2O4/c1-16(2,3)23-15(20)18-13(14-10-22-14)9-11-6-5-7-12(8-11)19-17-21-4/h5-8,13-14,19H,9-10H2,1-4H3,(H,18,20)/t13?,14-/m1/s1. The lowest BCUT2D eigenvalue weighted by atomic mass is 10.0. The van der Waals surface area contributed by atoms with Gasteiger partial charge in [-0.05, 0) is 44.9 Å². The zero-order valence-corrected chi connectivity index (χ0v) is 14.1. The maximum absolute atomic E-state index is 12.0. The number of benzene rings is 1. The smallest absolute Gasteiger partial charge is 0.435 e. The van der Waals surface area contributed by atoms with Gasteiger partial charge in [-0.2, -0.15) is 0 Å². The topological polar surface area (TPSA) is 72.1 Å². The monoisotopic (exact) mass is 319 g/mol. The molecule has 2 atom stereocenters. The zero-order chi connectivity index (χ0) is 16.9. The number of anilines is 1. The molecule has 0 bridgehead atoms. The van der Waals surface area contributed by atoms with Crippen LogP contribution in [0.4, 0.5) is 10.5 Å². The van der Waals surface area contributed by atoms with Gasteiger partial charge in [0.1, 0.15) is 11.7 Å². The Morgan fingerprint density at radius 3 is 2.83 bits per heavy atom. The van der Waals surface area contributed by atoms with Crippen LogP contribution in [0.5, 0.6) is 0 Å². The van der Waals surface area contributed by atoms with Crippen LogP contribution in [0, 0.1) is 0 Å². The molecule has 2 rings (SSSR count). The Hall–Kier alpha value is -1.73. The molecule has 1 aliphatic rings. The van der Waals surface area contributed by atoms with E-state index in [2.05, 4.69) is 10.5 Å². The number of rotatable bonds is 7. The number of nitrogens with one attached hydrogen (secondary N) is 2. The van der Waals surface area contributed by atoms with E-state index in [0.717, 1.165) is 11.3 Å². The average molecular weight is 319 g/mol. The highest BCUT2D eigenvalue weighted by Crippen LogP contribution is 2.20. The van der Waals surface area contributed by atoms with Crippen LogP contribution in [0.25, 0.3) is 0 Å². The molecule has 0 aromatic heterocycles. The summed E-state index contributed by atoms with van der Waals surface area (Å²) in [6.45, 7) is 6.19. The number of carbonyl (C=O) groups is 1. The lowest BCUT2D eigenvalue weighted by Gasteiger charge is -2.23. The maximum atomic E-state index is 12.0. The Kier molecular flexibility index (Phi) is 5.90. The van der Waals surface area contributed by atoms with Gasteiger partial charge >= 0.3 is 13.7 Å². The molecular formula is C16H24BN2O4. The lowest BCUT2D eigenvalue weighted by molar-refractivity contribution is 0.0495. The molecule has 125 valence electrons. The molecule has 0 saturated carbocycles.